The van der Waals surface area contributed by atoms with E-state index in [-0.39, 0.29) is 12.4 Å². The zero-order valence-electron chi connectivity index (χ0n) is 18.2. The van der Waals surface area contributed by atoms with E-state index in [2.05, 4.69) is 16.4 Å². The molecule has 170 valence electrons. The number of aromatic nitrogens is 3. The second kappa shape index (κ2) is 9.37. The SMILES string of the molecule is Cc1cnc2cc(C3CCOCC3)nn2c1Nc1ccc(OCc2cccc(F)c2)c(Cl)c1. The molecule has 8 heteroatoms. The van der Waals surface area contributed by atoms with Crippen molar-refractivity contribution >= 4 is 28.8 Å². The summed E-state index contributed by atoms with van der Waals surface area (Å²) in [7, 11) is 0. The minimum Gasteiger partial charge on any atom is -0.487 e. The largest absolute Gasteiger partial charge is 0.487 e. The van der Waals surface area contributed by atoms with E-state index >= 15 is 0 Å². The average molecular weight is 467 g/mol. The second-order valence-corrected chi connectivity index (χ2v) is 8.61. The molecule has 6 nitrogen and oxygen atoms in total. The monoisotopic (exact) mass is 466 g/mol. The van der Waals surface area contributed by atoms with Gasteiger partial charge in [0.2, 0.25) is 0 Å². The molecule has 2 aromatic heterocycles. The van der Waals surface area contributed by atoms with Gasteiger partial charge in [-0.1, -0.05) is 23.7 Å². The molecule has 4 aromatic rings. The lowest BCUT2D eigenvalue weighted by Crippen LogP contribution is -2.14. The quantitative estimate of drug-likeness (QED) is 0.375. The first kappa shape index (κ1) is 21.7. The van der Waals surface area contributed by atoms with Gasteiger partial charge in [0.15, 0.2) is 5.65 Å². The first-order valence-corrected chi connectivity index (χ1v) is 11.3. The molecule has 0 saturated carbocycles. The Kier molecular flexibility index (Phi) is 6.15. The smallest absolute Gasteiger partial charge is 0.157 e. The third-order valence-corrected chi connectivity index (χ3v) is 6.10. The van der Waals surface area contributed by atoms with Crippen LogP contribution in [0.4, 0.5) is 15.9 Å². The zero-order chi connectivity index (χ0) is 22.8. The molecule has 1 aliphatic rings. The molecular formula is C25H24ClFN4O2. The average Bonchev–Trinajstić information content (AvgIpc) is 3.26. The minimum atomic E-state index is -0.292. The topological polar surface area (TPSA) is 60.7 Å². The predicted molar refractivity (Wildman–Crippen MR) is 126 cm³/mol. The fraction of sp³-hybridized carbons (Fsp3) is 0.280. The Balaban J connectivity index is 1.36. The van der Waals surface area contributed by atoms with Crippen LogP contribution in [0.1, 0.15) is 35.6 Å². The van der Waals surface area contributed by atoms with Gasteiger partial charge in [0, 0.05) is 42.6 Å². The van der Waals surface area contributed by atoms with Crippen molar-refractivity contribution in [2.75, 3.05) is 18.5 Å². The maximum absolute atomic E-state index is 13.4. The van der Waals surface area contributed by atoms with Gasteiger partial charge in [-0.15, -0.1) is 0 Å². The molecule has 0 atom stereocenters. The van der Waals surface area contributed by atoms with E-state index in [0.717, 1.165) is 60.0 Å². The van der Waals surface area contributed by atoms with E-state index in [4.69, 9.17) is 26.2 Å². The molecule has 0 spiro atoms. The van der Waals surface area contributed by atoms with Gasteiger partial charge in [-0.05, 0) is 55.7 Å². The Morgan fingerprint density at radius 3 is 2.82 bits per heavy atom. The number of halogens is 2. The summed E-state index contributed by atoms with van der Waals surface area (Å²) in [5.41, 5.74) is 4.34. The zero-order valence-corrected chi connectivity index (χ0v) is 19.0. The molecule has 0 bridgehead atoms. The summed E-state index contributed by atoms with van der Waals surface area (Å²) in [6.45, 7) is 3.75. The van der Waals surface area contributed by atoms with Crippen LogP contribution >= 0.6 is 11.6 Å². The summed E-state index contributed by atoms with van der Waals surface area (Å²) in [5.74, 6) is 1.46. The van der Waals surface area contributed by atoms with Gasteiger partial charge in [-0.2, -0.15) is 9.61 Å². The van der Waals surface area contributed by atoms with E-state index in [0.29, 0.717) is 16.7 Å². The lowest BCUT2D eigenvalue weighted by molar-refractivity contribution is 0.0844. The molecule has 5 rings (SSSR count). The standard InChI is InChI=1S/C25H24ClFN4O2/c1-16-14-28-24-13-22(18-7-9-32-10-8-18)30-31(24)25(16)29-20-5-6-23(21(26)12-20)33-15-17-3-2-4-19(27)11-17/h2-6,11-14,18,29H,7-10,15H2,1H3. The third-order valence-electron chi connectivity index (χ3n) is 5.80. The summed E-state index contributed by atoms with van der Waals surface area (Å²) >= 11 is 6.47. The van der Waals surface area contributed by atoms with Crippen LogP contribution in [0.25, 0.3) is 5.65 Å². The molecule has 33 heavy (non-hydrogen) atoms. The third kappa shape index (κ3) is 4.79. The number of ether oxygens (including phenoxy) is 2. The van der Waals surface area contributed by atoms with Gasteiger partial charge < -0.3 is 14.8 Å². The predicted octanol–water partition coefficient (Wildman–Crippen LogP) is 6.05. The van der Waals surface area contributed by atoms with Gasteiger partial charge in [-0.25, -0.2) is 9.37 Å². The lowest BCUT2D eigenvalue weighted by atomic mass is 9.97. The molecule has 1 fully saturated rings. The van der Waals surface area contributed by atoms with Gasteiger partial charge in [0.1, 0.15) is 24.0 Å². The molecule has 0 radical (unpaired) electrons. The van der Waals surface area contributed by atoms with E-state index in [1.54, 1.807) is 18.2 Å². The summed E-state index contributed by atoms with van der Waals surface area (Å²) in [6, 6.07) is 13.9. The Hall–Kier alpha value is -3.16. The Morgan fingerprint density at radius 2 is 2.03 bits per heavy atom. The number of anilines is 2. The normalized spacial score (nSPS) is 14.5. The number of hydrogen-bond donors (Lipinski definition) is 1. The lowest BCUT2D eigenvalue weighted by Gasteiger charge is -2.19. The fourth-order valence-electron chi connectivity index (χ4n) is 4.00. The summed E-state index contributed by atoms with van der Waals surface area (Å²) in [6.07, 6.45) is 3.78. The van der Waals surface area contributed by atoms with Crippen LogP contribution in [0, 0.1) is 12.7 Å². The Bertz CT molecular complexity index is 1290. The van der Waals surface area contributed by atoms with E-state index < -0.39 is 0 Å². The second-order valence-electron chi connectivity index (χ2n) is 8.20. The maximum atomic E-state index is 13.4. The molecular weight excluding hydrogens is 443 g/mol. The number of rotatable bonds is 6. The van der Waals surface area contributed by atoms with Crippen molar-refractivity contribution in [3.05, 3.63) is 82.4 Å². The van der Waals surface area contributed by atoms with Crippen molar-refractivity contribution in [2.24, 2.45) is 0 Å². The van der Waals surface area contributed by atoms with Crippen molar-refractivity contribution in [3.8, 4) is 5.75 Å². The number of nitrogens with one attached hydrogen (secondary N) is 1. The van der Waals surface area contributed by atoms with Crippen molar-refractivity contribution in [1.82, 2.24) is 14.6 Å². The van der Waals surface area contributed by atoms with Crippen LogP contribution in [-0.4, -0.2) is 27.8 Å². The number of aryl methyl sites for hydroxylation is 1. The highest BCUT2D eigenvalue weighted by molar-refractivity contribution is 6.32. The maximum Gasteiger partial charge on any atom is 0.157 e. The van der Waals surface area contributed by atoms with Crippen molar-refractivity contribution in [3.63, 3.8) is 0 Å². The van der Waals surface area contributed by atoms with Gasteiger partial charge in [0.05, 0.1) is 10.7 Å². The van der Waals surface area contributed by atoms with Crippen molar-refractivity contribution in [1.29, 1.82) is 0 Å². The first-order valence-electron chi connectivity index (χ1n) is 10.9. The van der Waals surface area contributed by atoms with Crippen LogP contribution < -0.4 is 10.1 Å². The van der Waals surface area contributed by atoms with Gasteiger partial charge >= 0.3 is 0 Å². The molecule has 3 heterocycles. The summed E-state index contributed by atoms with van der Waals surface area (Å²) < 4.78 is 26.5. The molecule has 1 N–H and O–H groups in total. The summed E-state index contributed by atoms with van der Waals surface area (Å²) in [4.78, 5) is 4.55. The number of nitrogens with zero attached hydrogens (tertiary/aromatic N) is 3. The molecule has 1 aliphatic heterocycles. The Labute approximate surface area is 196 Å². The van der Waals surface area contributed by atoms with Crippen LogP contribution in [0.15, 0.2) is 54.7 Å². The fourth-order valence-corrected chi connectivity index (χ4v) is 4.24. The highest BCUT2D eigenvalue weighted by atomic mass is 35.5. The van der Waals surface area contributed by atoms with Crippen LogP contribution in [-0.2, 0) is 11.3 Å². The van der Waals surface area contributed by atoms with Crippen LogP contribution in [0.3, 0.4) is 0 Å². The highest BCUT2D eigenvalue weighted by Gasteiger charge is 2.20. The minimum absolute atomic E-state index is 0.233. The summed E-state index contributed by atoms with van der Waals surface area (Å²) in [5, 5.41) is 8.74. The molecule has 0 unspecified atom stereocenters. The molecule has 0 aliphatic carbocycles. The van der Waals surface area contributed by atoms with Crippen LogP contribution in [0.2, 0.25) is 5.02 Å². The van der Waals surface area contributed by atoms with E-state index in [1.165, 1.54) is 12.1 Å². The first-order chi connectivity index (χ1) is 16.1. The molecule has 0 amide bonds. The number of hydrogen-bond acceptors (Lipinski definition) is 5. The van der Waals surface area contributed by atoms with Crippen LogP contribution in [0.5, 0.6) is 5.75 Å². The number of benzene rings is 2. The Morgan fingerprint density at radius 1 is 1.18 bits per heavy atom. The van der Waals surface area contributed by atoms with Gasteiger partial charge in [0.25, 0.3) is 0 Å². The molecule has 2 aromatic carbocycles. The van der Waals surface area contributed by atoms with Gasteiger partial charge in [-0.3, -0.25) is 0 Å². The van der Waals surface area contributed by atoms with E-state index in [9.17, 15) is 4.39 Å². The van der Waals surface area contributed by atoms with Crippen molar-refractivity contribution < 1.29 is 13.9 Å². The highest BCUT2D eigenvalue weighted by Crippen LogP contribution is 2.32. The van der Waals surface area contributed by atoms with Crippen molar-refractivity contribution in [2.45, 2.75) is 32.3 Å². The van der Waals surface area contributed by atoms with E-state index in [1.807, 2.05) is 29.8 Å². The molecule has 1 saturated heterocycles. The number of fused-ring (bicyclic) bond motifs is 1.